The van der Waals surface area contributed by atoms with Crippen LogP contribution in [0, 0.1) is 21.7 Å². The van der Waals surface area contributed by atoms with Crippen molar-refractivity contribution in [1.82, 2.24) is 0 Å². The Hall–Kier alpha value is -0.260. The molecule has 0 aliphatic rings. The molecule has 0 bridgehead atoms. The van der Waals surface area contributed by atoms with E-state index < -0.39 is 0 Å². The minimum absolute atomic E-state index is 0.370. The third kappa shape index (κ3) is 137. The van der Waals surface area contributed by atoms with Gasteiger partial charge in [0.2, 0.25) is 0 Å². The molecule has 0 radical (unpaired) electrons. The molecule has 0 unspecified atom stereocenters. The fourth-order valence-corrected chi connectivity index (χ4v) is 2.86. The average molecular weight is 561 g/mol. The lowest BCUT2D eigenvalue weighted by Gasteiger charge is -2.16. The van der Waals surface area contributed by atoms with Gasteiger partial charge in [0.15, 0.2) is 0 Å². The summed E-state index contributed by atoms with van der Waals surface area (Å²) in [6, 6.07) is 0. The van der Waals surface area contributed by atoms with Crippen molar-refractivity contribution in [3.8, 4) is 0 Å². The first-order chi connectivity index (χ1) is 17.7. The van der Waals surface area contributed by atoms with Gasteiger partial charge in [-0.15, -0.1) is 0 Å². The largest absolute Gasteiger partial charge is 0.0911 e. The van der Waals surface area contributed by atoms with Crippen molar-refractivity contribution in [2.75, 3.05) is 0 Å². The van der Waals surface area contributed by atoms with E-state index in [1.54, 1.807) is 0 Å². The molecular formula is C39H92. The summed E-state index contributed by atoms with van der Waals surface area (Å²) in [4.78, 5) is 0. The number of rotatable bonds is 6. The summed E-state index contributed by atoms with van der Waals surface area (Å²) in [6.45, 7) is 52.0. The predicted molar refractivity (Wildman–Crippen MR) is 197 cm³/mol. The van der Waals surface area contributed by atoms with Crippen LogP contribution >= 0.6 is 0 Å². The number of allylic oxidation sites excluding steroid dienone is 2. The summed E-state index contributed by atoms with van der Waals surface area (Å²) < 4.78 is 0. The molecular weight excluding hydrogens is 468 g/mol. The van der Waals surface area contributed by atoms with Crippen molar-refractivity contribution in [1.29, 1.82) is 0 Å². The normalized spacial score (nSPS) is 10.4. The summed E-state index contributed by atoms with van der Waals surface area (Å²) in [5.74, 6) is 0. The highest BCUT2D eigenvalue weighted by atomic mass is 14.1. The van der Waals surface area contributed by atoms with Crippen LogP contribution in [-0.4, -0.2) is 0 Å². The second kappa shape index (κ2) is 42.2. The Labute approximate surface area is 257 Å². The van der Waals surface area contributed by atoms with E-state index in [9.17, 15) is 0 Å². The van der Waals surface area contributed by atoms with Crippen molar-refractivity contribution in [3.05, 3.63) is 12.2 Å². The molecule has 0 aromatic heterocycles. The van der Waals surface area contributed by atoms with E-state index in [1.165, 1.54) is 57.8 Å². The Balaban J connectivity index is -0.0000000504. The monoisotopic (exact) mass is 561 g/mol. The molecule has 0 saturated carbocycles. The predicted octanol–water partition coefficient (Wildman–Crippen LogP) is 16.4. The van der Waals surface area contributed by atoms with E-state index in [4.69, 9.17) is 0 Å². The Kier molecular flexibility index (Phi) is 63.2. The lowest BCUT2D eigenvalue weighted by molar-refractivity contribution is 0.359. The van der Waals surface area contributed by atoms with Crippen LogP contribution in [-0.2, 0) is 0 Å². The van der Waals surface area contributed by atoms with Crippen LogP contribution in [0.3, 0.4) is 0 Å². The number of unbranched alkanes of at least 4 members (excludes halogenated alkanes) is 3. The maximum absolute atomic E-state index is 2.31. The highest BCUT2D eigenvalue weighted by Gasteiger charge is 2.08. The van der Waals surface area contributed by atoms with Crippen molar-refractivity contribution in [3.63, 3.8) is 0 Å². The molecule has 0 aromatic rings. The number of hydrogen-bond donors (Lipinski definition) is 0. The molecule has 0 aliphatic heterocycles. The fourth-order valence-electron chi connectivity index (χ4n) is 2.86. The van der Waals surface area contributed by atoms with Gasteiger partial charge >= 0.3 is 0 Å². The molecule has 0 rings (SSSR count). The van der Waals surface area contributed by atoms with Gasteiger partial charge in [-0.25, -0.2) is 0 Å². The van der Waals surface area contributed by atoms with Gasteiger partial charge in [-0.05, 0) is 47.8 Å². The topological polar surface area (TPSA) is 0 Å². The van der Waals surface area contributed by atoms with Gasteiger partial charge in [0, 0.05) is 0 Å². The summed E-state index contributed by atoms with van der Waals surface area (Å²) in [5, 5.41) is 0. The molecule has 0 N–H and O–H groups in total. The van der Waals surface area contributed by atoms with Crippen LogP contribution in [0.1, 0.15) is 224 Å². The fraction of sp³-hybridized carbons (Fsp3) is 0.949. The van der Waals surface area contributed by atoms with E-state index >= 15 is 0 Å². The lowest BCUT2D eigenvalue weighted by Crippen LogP contribution is -2.03. The Bertz CT molecular complexity index is 357. The second-order valence-corrected chi connectivity index (χ2v) is 13.9. The maximum atomic E-state index is 2.31. The lowest BCUT2D eigenvalue weighted by atomic mass is 9.90. The molecule has 0 saturated heterocycles. The van der Waals surface area contributed by atoms with Gasteiger partial charge < -0.3 is 0 Å². The van der Waals surface area contributed by atoms with E-state index in [2.05, 4.69) is 116 Å². The quantitative estimate of drug-likeness (QED) is 0.224. The standard InChI is InChI=1S/C9H20.C8H18.C7H16.C7H14.4C2H6/c1-5-6-7-8-9(2,3)4;1-5-6-7-8(2,3)4;2*1-5-6-7(2,3)4;4*1-2/h5-8H2,1-4H3;5-7H2,1-4H3;5-6H2,1-4H3;5-6H,1-4H3;4*1-2H3/b;;;6-5+;;;;. The highest BCUT2D eigenvalue weighted by Crippen LogP contribution is 2.22. The molecule has 0 nitrogen and oxygen atoms in total. The molecule has 0 amide bonds. The van der Waals surface area contributed by atoms with Crippen LogP contribution in [0.25, 0.3) is 0 Å². The average Bonchev–Trinajstić information content (AvgIpc) is 2.82. The Morgan fingerprint density at radius 1 is 0.385 bits per heavy atom. The molecule has 248 valence electrons. The molecule has 0 heterocycles. The summed E-state index contributed by atoms with van der Waals surface area (Å²) >= 11 is 0. The third-order valence-corrected chi connectivity index (χ3v) is 4.48. The van der Waals surface area contributed by atoms with Gasteiger partial charge in [-0.2, -0.15) is 0 Å². The van der Waals surface area contributed by atoms with Crippen molar-refractivity contribution >= 4 is 0 Å². The zero-order chi connectivity index (χ0) is 33.8. The molecule has 0 atom stereocenters. The minimum atomic E-state index is 0.370. The molecule has 0 aromatic carbocycles. The first-order valence-corrected chi connectivity index (χ1v) is 17.4. The third-order valence-electron chi connectivity index (χ3n) is 4.48. The summed E-state index contributed by atoms with van der Waals surface area (Å²) in [6.07, 6.45) is 16.5. The highest BCUT2D eigenvalue weighted by molar-refractivity contribution is 4.89. The summed E-state index contributed by atoms with van der Waals surface area (Å²) in [7, 11) is 0. The van der Waals surface area contributed by atoms with E-state index in [-0.39, 0.29) is 0 Å². The molecule has 0 spiro atoms. The van der Waals surface area contributed by atoms with Crippen LogP contribution in [0.5, 0.6) is 0 Å². The van der Waals surface area contributed by atoms with Crippen LogP contribution in [0.15, 0.2) is 12.2 Å². The maximum Gasteiger partial charge on any atom is -0.0203 e. The second-order valence-electron chi connectivity index (χ2n) is 13.9. The Morgan fingerprint density at radius 2 is 0.667 bits per heavy atom. The van der Waals surface area contributed by atoms with E-state index in [1.807, 2.05) is 62.3 Å². The molecule has 0 fully saturated rings. The summed E-state index contributed by atoms with van der Waals surface area (Å²) in [5.41, 5.74) is 2.02. The minimum Gasteiger partial charge on any atom is -0.0911 e. The van der Waals surface area contributed by atoms with Crippen molar-refractivity contribution < 1.29 is 0 Å². The SMILES string of the molecule is C/C=C/C(C)(C)C.CC.CC.CC.CC.CCCC(C)(C)C.CCCCC(C)(C)C.CCCCCC(C)(C)C. The van der Waals surface area contributed by atoms with Crippen molar-refractivity contribution in [2.45, 2.75) is 224 Å². The zero-order valence-electron chi connectivity index (χ0n) is 33.5. The van der Waals surface area contributed by atoms with Crippen LogP contribution in [0.2, 0.25) is 0 Å². The van der Waals surface area contributed by atoms with E-state index in [0.717, 1.165) is 0 Å². The molecule has 0 heteroatoms. The van der Waals surface area contributed by atoms with Gasteiger partial charge in [0.25, 0.3) is 0 Å². The van der Waals surface area contributed by atoms with Gasteiger partial charge in [0.05, 0.1) is 0 Å². The van der Waals surface area contributed by atoms with Gasteiger partial charge in [0.1, 0.15) is 0 Å². The van der Waals surface area contributed by atoms with Gasteiger partial charge in [-0.3, -0.25) is 0 Å². The first kappa shape index (κ1) is 58.4. The van der Waals surface area contributed by atoms with E-state index in [0.29, 0.717) is 21.7 Å². The zero-order valence-corrected chi connectivity index (χ0v) is 33.5. The first-order valence-electron chi connectivity index (χ1n) is 17.4. The molecule has 39 heavy (non-hydrogen) atoms. The van der Waals surface area contributed by atoms with Crippen LogP contribution in [0.4, 0.5) is 0 Å². The number of hydrogen-bond acceptors (Lipinski definition) is 0. The molecule has 0 aliphatic carbocycles. The van der Waals surface area contributed by atoms with Crippen molar-refractivity contribution in [2.24, 2.45) is 21.7 Å². The smallest absolute Gasteiger partial charge is 0.0203 e. The van der Waals surface area contributed by atoms with Gasteiger partial charge in [-0.1, -0.05) is 210 Å². The Morgan fingerprint density at radius 3 is 0.769 bits per heavy atom. The van der Waals surface area contributed by atoms with Crippen LogP contribution < -0.4 is 0 Å².